The van der Waals surface area contributed by atoms with Crippen molar-refractivity contribution in [2.45, 2.75) is 57.9 Å². The molecule has 0 aromatic heterocycles. The third-order valence-electron chi connectivity index (χ3n) is 5.08. The average molecular weight is 367 g/mol. The molecule has 0 saturated carbocycles. The lowest BCUT2D eigenvalue weighted by atomic mass is 10.0. The predicted octanol–water partition coefficient (Wildman–Crippen LogP) is 6.30. The number of rotatable bonds is 9. The Morgan fingerprint density at radius 3 is 2.63 bits per heavy atom. The zero-order chi connectivity index (χ0) is 18.9. The van der Waals surface area contributed by atoms with E-state index in [4.69, 9.17) is 4.74 Å². The van der Waals surface area contributed by atoms with Gasteiger partial charge in [0.1, 0.15) is 0 Å². The molecular formula is C23H30N2O2. The molecule has 144 valence electrons. The summed E-state index contributed by atoms with van der Waals surface area (Å²) in [6.45, 7) is 2.69. The molecule has 0 fully saturated rings. The lowest BCUT2D eigenvalue weighted by Crippen LogP contribution is -2.17. The maximum atomic E-state index is 12.2. The van der Waals surface area contributed by atoms with Gasteiger partial charge < -0.3 is 10.1 Å². The standard InChI is InChI=1S/C23H30N2O2/c1-2-3-4-5-6-11-16-27-23(26)25-21-15-10-8-13-19(21)22-17-18-12-7-9-14-20(18)24-22/h7-10,12-15,22,24H,2-6,11,16-17H2,1H3,(H,25,26). The summed E-state index contributed by atoms with van der Waals surface area (Å²) in [7, 11) is 0. The number of hydrogen-bond donors (Lipinski definition) is 2. The number of carbonyl (C=O) groups excluding carboxylic acids is 1. The summed E-state index contributed by atoms with van der Waals surface area (Å²) in [6.07, 6.45) is 7.62. The number of fused-ring (bicyclic) bond motifs is 1. The van der Waals surface area contributed by atoms with E-state index in [0.717, 1.165) is 30.5 Å². The van der Waals surface area contributed by atoms with Crippen LogP contribution in [0.25, 0.3) is 0 Å². The van der Waals surface area contributed by atoms with Gasteiger partial charge in [0.25, 0.3) is 0 Å². The van der Waals surface area contributed by atoms with Crippen LogP contribution in [0.3, 0.4) is 0 Å². The van der Waals surface area contributed by atoms with Gasteiger partial charge in [-0.1, -0.05) is 75.4 Å². The topological polar surface area (TPSA) is 50.4 Å². The molecule has 0 aliphatic carbocycles. The number of para-hydroxylation sites is 2. The Morgan fingerprint density at radius 2 is 1.78 bits per heavy atom. The summed E-state index contributed by atoms with van der Waals surface area (Å²) in [4.78, 5) is 12.2. The maximum Gasteiger partial charge on any atom is 0.411 e. The molecular weight excluding hydrogens is 336 g/mol. The molecule has 2 aromatic rings. The second kappa shape index (κ2) is 10.0. The van der Waals surface area contributed by atoms with E-state index in [-0.39, 0.29) is 12.1 Å². The first kappa shape index (κ1) is 19.3. The third kappa shape index (κ3) is 5.49. The molecule has 4 heteroatoms. The zero-order valence-corrected chi connectivity index (χ0v) is 16.2. The zero-order valence-electron chi connectivity index (χ0n) is 16.2. The Kier molecular flexibility index (Phi) is 7.14. The maximum absolute atomic E-state index is 12.2. The molecule has 0 radical (unpaired) electrons. The fourth-order valence-electron chi connectivity index (χ4n) is 3.59. The van der Waals surface area contributed by atoms with Gasteiger partial charge in [-0.25, -0.2) is 4.79 Å². The number of hydrogen-bond acceptors (Lipinski definition) is 3. The quantitative estimate of drug-likeness (QED) is 0.512. The van der Waals surface area contributed by atoms with Gasteiger partial charge in [-0.15, -0.1) is 0 Å². The van der Waals surface area contributed by atoms with Crippen LogP contribution in [0.15, 0.2) is 48.5 Å². The largest absolute Gasteiger partial charge is 0.449 e. The number of ether oxygens (including phenoxy) is 1. The van der Waals surface area contributed by atoms with Crippen molar-refractivity contribution in [3.63, 3.8) is 0 Å². The molecule has 2 aromatic carbocycles. The van der Waals surface area contributed by atoms with Gasteiger partial charge in [0, 0.05) is 11.4 Å². The van der Waals surface area contributed by atoms with E-state index in [0.29, 0.717) is 6.61 Å². The molecule has 4 nitrogen and oxygen atoms in total. The van der Waals surface area contributed by atoms with Crippen LogP contribution in [-0.2, 0) is 11.2 Å². The Bertz CT molecular complexity index is 720. The van der Waals surface area contributed by atoms with Crippen molar-refractivity contribution < 1.29 is 9.53 Å². The lowest BCUT2D eigenvalue weighted by molar-refractivity contribution is 0.159. The first-order valence-corrected chi connectivity index (χ1v) is 10.1. The highest BCUT2D eigenvalue weighted by atomic mass is 16.5. The van der Waals surface area contributed by atoms with Crippen molar-refractivity contribution >= 4 is 17.5 Å². The molecule has 0 spiro atoms. The summed E-state index contributed by atoms with van der Waals surface area (Å²) in [6, 6.07) is 16.5. The molecule has 1 aliphatic heterocycles. The third-order valence-corrected chi connectivity index (χ3v) is 5.08. The van der Waals surface area contributed by atoms with Gasteiger partial charge in [0.05, 0.1) is 12.6 Å². The summed E-state index contributed by atoms with van der Waals surface area (Å²) < 4.78 is 5.36. The SMILES string of the molecule is CCCCCCCCOC(=O)Nc1ccccc1C1Cc2ccccc2N1. The van der Waals surface area contributed by atoms with Crippen LogP contribution < -0.4 is 10.6 Å². The average Bonchev–Trinajstić information content (AvgIpc) is 3.12. The minimum absolute atomic E-state index is 0.164. The predicted molar refractivity (Wildman–Crippen MR) is 111 cm³/mol. The number of unbranched alkanes of at least 4 members (excludes halogenated alkanes) is 5. The first-order valence-electron chi connectivity index (χ1n) is 10.1. The summed E-state index contributed by atoms with van der Waals surface area (Å²) in [5, 5.41) is 6.47. The van der Waals surface area contributed by atoms with Crippen LogP contribution >= 0.6 is 0 Å². The molecule has 27 heavy (non-hydrogen) atoms. The fourth-order valence-corrected chi connectivity index (χ4v) is 3.59. The summed E-state index contributed by atoms with van der Waals surface area (Å²) in [5.74, 6) is 0. The second-order valence-corrected chi connectivity index (χ2v) is 7.17. The van der Waals surface area contributed by atoms with Gasteiger partial charge in [0.15, 0.2) is 0 Å². The Morgan fingerprint density at radius 1 is 1.04 bits per heavy atom. The van der Waals surface area contributed by atoms with Crippen molar-refractivity contribution in [1.29, 1.82) is 0 Å². The highest BCUT2D eigenvalue weighted by Crippen LogP contribution is 2.36. The molecule has 1 atom stereocenters. The van der Waals surface area contributed by atoms with Crippen molar-refractivity contribution in [2.75, 3.05) is 17.2 Å². The minimum atomic E-state index is -0.369. The van der Waals surface area contributed by atoms with E-state index >= 15 is 0 Å². The highest BCUT2D eigenvalue weighted by Gasteiger charge is 2.24. The second-order valence-electron chi connectivity index (χ2n) is 7.17. The molecule has 2 N–H and O–H groups in total. The van der Waals surface area contributed by atoms with Crippen LogP contribution in [0.5, 0.6) is 0 Å². The van der Waals surface area contributed by atoms with E-state index in [1.165, 1.54) is 36.9 Å². The van der Waals surface area contributed by atoms with Crippen LogP contribution in [0, 0.1) is 0 Å². The van der Waals surface area contributed by atoms with Gasteiger partial charge >= 0.3 is 6.09 Å². The van der Waals surface area contributed by atoms with Gasteiger partial charge in [-0.05, 0) is 36.1 Å². The molecule has 0 bridgehead atoms. The van der Waals surface area contributed by atoms with Crippen molar-refractivity contribution in [1.82, 2.24) is 0 Å². The monoisotopic (exact) mass is 366 g/mol. The molecule has 1 aliphatic rings. The van der Waals surface area contributed by atoms with Crippen LogP contribution in [0.1, 0.15) is 62.6 Å². The molecule has 1 amide bonds. The number of carbonyl (C=O) groups is 1. The van der Waals surface area contributed by atoms with Gasteiger partial charge in [-0.3, -0.25) is 5.32 Å². The Balaban J connectivity index is 1.49. The molecule has 3 rings (SSSR count). The molecule has 1 unspecified atom stereocenters. The van der Waals surface area contributed by atoms with E-state index < -0.39 is 0 Å². The smallest absolute Gasteiger partial charge is 0.411 e. The fraction of sp³-hybridized carbons (Fsp3) is 0.435. The highest BCUT2D eigenvalue weighted by molar-refractivity contribution is 5.86. The van der Waals surface area contributed by atoms with Crippen molar-refractivity contribution in [2.24, 2.45) is 0 Å². The Hall–Kier alpha value is -2.49. The molecule has 0 saturated heterocycles. The van der Waals surface area contributed by atoms with E-state index in [1.54, 1.807) is 0 Å². The van der Waals surface area contributed by atoms with Crippen LogP contribution in [0.4, 0.5) is 16.2 Å². The number of benzene rings is 2. The summed E-state index contributed by atoms with van der Waals surface area (Å²) >= 11 is 0. The van der Waals surface area contributed by atoms with E-state index in [1.807, 2.05) is 24.3 Å². The van der Waals surface area contributed by atoms with Gasteiger partial charge in [0.2, 0.25) is 0 Å². The van der Waals surface area contributed by atoms with Crippen LogP contribution in [0.2, 0.25) is 0 Å². The minimum Gasteiger partial charge on any atom is -0.449 e. The van der Waals surface area contributed by atoms with Crippen molar-refractivity contribution in [3.8, 4) is 0 Å². The Labute approximate surface area is 162 Å². The number of anilines is 2. The van der Waals surface area contributed by atoms with E-state index in [9.17, 15) is 4.79 Å². The first-order chi connectivity index (χ1) is 13.3. The number of amides is 1. The van der Waals surface area contributed by atoms with Crippen molar-refractivity contribution in [3.05, 3.63) is 59.7 Å². The van der Waals surface area contributed by atoms with Crippen LogP contribution in [-0.4, -0.2) is 12.7 Å². The number of nitrogens with one attached hydrogen (secondary N) is 2. The van der Waals surface area contributed by atoms with Gasteiger partial charge in [-0.2, -0.15) is 0 Å². The normalized spacial score (nSPS) is 15.1. The molecule has 1 heterocycles. The summed E-state index contributed by atoms with van der Waals surface area (Å²) in [5.41, 5.74) is 4.38. The van der Waals surface area contributed by atoms with E-state index in [2.05, 4.69) is 41.8 Å². The lowest BCUT2D eigenvalue weighted by Gasteiger charge is -2.17.